The van der Waals surface area contributed by atoms with E-state index in [2.05, 4.69) is 44.1 Å². The topological polar surface area (TPSA) is 57.0 Å². The number of benzene rings is 1. The van der Waals surface area contributed by atoms with Crippen LogP contribution in [0, 0.1) is 12.7 Å². The number of anilines is 1. The molecule has 1 aliphatic rings. The summed E-state index contributed by atoms with van der Waals surface area (Å²) in [6.45, 7) is 4.60. The van der Waals surface area contributed by atoms with Crippen LogP contribution in [0.1, 0.15) is 24.1 Å². The normalized spacial score (nSPS) is 17.4. The van der Waals surface area contributed by atoms with Gasteiger partial charge < -0.3 is 19.9 Å². The first kappa shape index (κ1) is 20.2. The largest absolute Gasteiger partial charge is 0.369 e. The van der Waals surface area contributed by atoms with Gasteiger partial charge >= 0.3 is 0 Å². The Hall–Kier alpha value is -3.09. The summed E-state index contributed by atoms with van der Waals surface area (Å²) in [5.74, 6) is 0.600. The molecule has 1 unspecified atom stereocenters. The zero-order valence-corrected chi connectivity index (χ0v) is 17.6. The highest BCUT2D eigenvalue weighted by Gasteiger charge is 2.21. The van der Waals surface area contributed by atoms with Gasteiger partial charge in [0, 0.05) is 57.2 Å². The van der Waals surface area contributed by atoms with Gasteiger partial charge in [0.25, 0.3) is 0 Å². The lowest BCUT2D eigenvalue weighted by atomic mass is 10.0. The maximum absolute atomic E-state index is 13.6. The zero-order chi connectivity index (χ0) is 20.9. The number of aromatic nitrogens is 2. The van der Waals surface area contributed by atoms with Crippen LogP contribution >= 0.6 is 0 Å². The zero-order valence-electron chi connectivity index (χ0n) is 17.6. The summed E-state index contributed by atoms with van der Waals surface area (Å²) in [6.07, 6.45) is 7.06. The molecule has 1 aliphatic heterocycles. The second kappa shape index (κ2) is 9.15. The molecular weight excluding hydrogens is 379 g/mol. The summed E-state index contributed by atoms with van der Waals surface area (Å²) >= 11 is 0. The van der Waals surface area contributed by atoms with Gasteiger partial charge in [-0.2, -0.15) is 0 Å². The Kier molecular flexibility index (Phi) is 6.16. The predicted molar refractivity (Wildman–Crippen MR) is 120 cm³/mol. The fourth-order valence-electron chi connectivity index (χ4n) is 4.02. The molecule has 1 aromatic carbocycles. The van der Waals surface area contributed by atoms with Gasteiger partial charge in [-0.15, -0.1) is 0 Å². The van der Waals surface area contributed by atoms with Crippen molar-refractivity contribution in [1.29, 1.82) is 0 Å². The van der Waals surface area contributed by atoms with E-state index in [0.29, 0.717) is 0 Å². The minimum Gasteiger partial charge on any atom is -0.369 e. The smallest absolute Gasteiger partial charge is 0.191 e. The Morgan fingerprint density at radius 2 is 2.20 bits per heavy atom. The maximum atomic E-state index is 13.6. The molecule has 30 heavy (non-hydrogen) atoms. The summed E-state index contributed by atoms with van der Waals surface area (Å²) in [7, 11) is 1.79. The van der Waals surface area contributed by atoms with Crippen molar-refractivity contribution in [1.82, 2.24) is 20.0 Å². The fourth-order valence-corrected chi connectivity index (χ4v) is 4.02. The molecule has 2 N–H and O–H groups in total. The quantitative estimate of drug-likeness (QED) is 0.503. The van der Waals surface area contributed by atoms with Gasteiger partial charge in [-0.25, -0.2) is 9.37 Å². The van der Waals surface area contributed by atoms with Crippen molar-refractivity contribution in [3.8, 4) is 0 Å². The summed E-state index contributed by atoms with van der Waals surface area (Å²) in [5.41, 5.74) is 4.18. The molecule has 7 heteroatoms. The lowest BCUT2D eigenvalue weighted by Gasteiger charge is -2.35. The van der Waals surface area contributed by atoms with Crippen molar-refractivity contribution in [3.63, 3.8) is 0 Å². The minimum atomic E-state index is -0.192. The highest BCUT2D eigenvalue weighted by atomic mass is 19.1. The van der Waals surface area contributed by atoms with Crippen LogP contribution in [-0.4, -0.2) is 48.1 Å². The Morgan fingerprint density at radius 1 is 1.30 bits per heavy atom. The molecular formula is C23H29FN6. The highest BCUT2D eigenvalue weighted by molar-refractivity contribution is 5.80. The number of guanidine groups is 1. The Balaban J connectivity index is 1.30. The van der Waals surface area contributed by atoms with Crippen molar-refractivity contribution in [2.45, 2.75) is 32.2 Å². The summed E-state index contributed by atoms with van der Waals surface area (Å²) in [6, 6.07) is 11.2. The van der Waals surface area contributed by atoms with Gasteiger partial charge in [0.2, 0.25) is 0 Å². The summed E-state index contributed by atoms with van der Waals surface area (Å²) < 4.78 is 15.6. The standard InChI is InChI=1S/C23H29FN6/c1-17-6-4-13-30-16-20(27-22(17)30)10-11-26-23(25-2)28-19-8-5-12-29(15-19)21-9-3-7-18(24)14-21/h3-4,6-7,9,13-14,16,19H,5,8,10-12,15H2,1-2H3,(H2,25,26,28). The number of rotatable bonds is 5. The molecule has 4 rings (SSSR count). The number of halogens is 1. The van der Waals surface area contributed by atoms with E-state index in [9.17, 15) is 4.39 Å². The van der Waals surface area contributed by atoms with Crippen molar-refractivity contribution >= 4 is 17.3 Å². The van der Waals surface area contributed by atoms with E-state index < -0.39 is 0 Å². The molecule has 0 radical (unpaired) electrons. The highest BCUT2D eigenvalue weighted by Crippen LogP contribution is 2.20. The lowest BCUT2D eigenvalue weighted by Crippen LogP contribution is -2.51. The molecule has 2 aromatic heterocycles. The lowest BCUT2D eigenvalue weighted by molar-refractivity contribution is 0.467. The van der Waals surface area contributed by atoms with Crippen LogP contribution < -0.4 is 15.5 Å². The fraction of sp³-hybridized carbons (Fsp3) is 0.391. The van der Waals surface area contributed by atoms with Crippen LogP contribution in [0.4, 0.5) is 10.1 Å². The van der Waals surface area contributed by atoms with Crippen LogP contribution in [0.2, 0.25) is 0 Å². The number of nitrogens with one attached hydrogen (secondary N) is 2. The number of fused-ring (bicyclic) bond motifs is 1. The molecule has 6 nitrogen and oxygen atoms in total. The predicted octanol–water partition coefficient (Wildman–Crippen LogP) is 3.16. The number of imidazole rings is 1. The average Bonchev–Trinajstić information content (AvgIpc) is 3.18. The first-order valence-electron chi connectivity index (χ1n) is 10.5. The monoisotopic (exact) mass is 408 g/mol. The summed E-state index contributed by atoms with van der Waals surface area (Å²) in [5, 5.41) is 6.92. The van der Waals surface area contributed by atoms with E-state index in [-0.39, 0.29) is 11.9 Å². The van der Waals surface area contributed by atoms with Crippen LogP contribution in [0.25, 0.3) is 5.65 Å². The Labute approximate surface area is 176 Å². The van der Waals surface area contributed by atoms with Crippen molar-refractivity contribution in [3.05, 3.63) is 65.9 Å². The number of aliphatic imine (C=N–C) groups is 1. The van der Waals surface area contributed by atoms with Gasteiger partial charge in [-0.1, -0.05) is 12.1 Å². The van der Waals surface area contributed by atoms with E-state index in [0.717, 1.165) is 61.9 Å². The summed E-state index contributed by atoms with van der Waals surface area (Å²) in [4.78, 5) is 11.3. The van der Waals surface area contributed by atoms with Crippen LogP contribution in [0.15, 0.2) is 53.8 Å². The molecule has 0 spiro atoms. The molecule has 0 bridgehead atoms. The molecule has 3 aromatic rings. The molecule has 0 saturated carbocycles. The molecule has 0 aliphatic carbocycles. The number of nitrogens with zero attached hydrogens (tertiary/aromatic N) is 4. The Bertz CT molecular complexity index is 1030. The van der Waals surface area contributed by atoms with Crippen LogP contribution in [-0.2, 0) is 6.42 Å². The third kappa shape index (κ3) is 4.72. The first-order chi connectivity index (χ1) is 14.6. The van der Waals surface area contributed by atoms with E-state index in [1.54, 1.807) is 19.2 Å². The second-order valence-corrected chi connectivity index (χ2v) is 7.81. The number of aryl methyl sites for hydroxylation is 1. The van der Waals surface area contributed by atoms with Gasteiger partial charge in [-0.3, -0.25) is 4.99 Å². The molecule has 158 valence electrons. The number of hydrogen-bond donors (Lipinski definition) is 2. The average molecular weight is 409 g/mol. The van der Waals surface area contributed by atoms with Gasteiger partial charge in [0.1, 0.15) is 11.5 Å². The number of hydrogen-bond acceptors (Lipinski definition) is 3. The molecule has 0 amide bonds. The minimum absolute atomic E-state index is 0.192. The Morgan fingerprint density at radius 3 is 3.00 bits per heavy atom. The third-order valence-electron chi connectivity index (χ3n) is 5.56. The van der Waals surface area contributed by atoms with Gasteiger partial charge in [-0.05, 0) is 49.6 Å². The maximum Gasteiger partial charge on any atom is 0.191 e. The van der Waals surface area contributed by atoms with E-state index in [4.69, 9.17) is 4.98 Å². The molecule has 3 heterocycles. The molecule has 1 fully saturated rings. The van der Waals surface area contributed by atoms with Crippen molar-refractivity contribution in [2.24, 2.45) is 4.99 Å². The van der Waals surface area contributed by atoms with Gasteiger partial charge in [0.15, 0.2) is 5.96 Å². The van der Waals surface area contributed by atoms with E-state index >= 15 is 0 Å². The van der Waals surface area contributed by atoms with Crippen LogP contribution in [0.3, 0.4) is 0 Å². The van der Waals surface area contributed by atoms with Gasteiger partial charge in [0.05, 0.1) is 5.69 Å². The SMILES string of the molecule is CN=C(NCCc1cn2cccc(C)c2n1)NC1CCCN(c2cccc(F)c2)C1. The molecule has 1 atom stereocenters. The molecule has 1 saturated heterocycles. The third-order valence-corrected chi connectivity index (χ3v) is 5.56. The number of pyridine rings is 1. The second-order valence-electron chi connectivity index (χ2n) is 7.81. The van der Waals surface area contributed by atoms with E-state index in [1.807, 2.05) is 18.3 Å². The van der Waals surface area contributed by atoms with Crippen molar-refractivity contribution < 1.29 is 4.39 Å². The number of piperidine rings is 1. The van der Waals surface area contributed by atoms with E-state index in [1.165, 1.54) is 11.6 Å². The van der Waals surface area contributed by atoms with Crippen molar-refractivity contribution in [2.75, 3.05) is 31.6 Å². The first-order valence-corrected chi connectivity index (χ1v) is 10.5. The van der Waals surface area contributed by atoms with Crippen LogP contribution in [0.5, 0.6) is 0 Å².